The van der Waals surface area contributed by atoms with Gasteiger partial charge in [-0.25, -0.2) is 0 Å². The molecule has 1 aromatic carbocycles. The molecule has 1 rings (SSSR count). The average Bonchev–Trinajstić information content (AvgIpc) is 2.18. The van der Waals surface area contributed by atoms with Gasteiger partial charge in [0.05, 0.1) is 11.4 Å². The van der Waals surface area contributed by atoms with Crippen molar-refractivity contribution in [2.45, 2.75) is 13.8 Å². The molecule has 0 N–H and O–H groups in total. The predicted octanol–water partition coefficient (Wildman–Crippen LogP) is 2.13. The largest absolute Gasteiger partial charge is 0.376 e. The van der Waals surface area contributed by atoms with Crippen LogP contribution in [0.3, 0.4) is 0 Å². The van der Waals surface area contributed by atoms with E-state index in [1.807, 2.05) is 50.2 Å². The van der Waals surface area contributed by atoms with Gasteiger partial charge in [-0.3, -0.25) is 4.79 Å². The molecule has 0 aliphatic carbocycles. The number of rotatable bonds is 3. The van der Waals surface area contributed by atoms with Gasteiger partial charge in [0.15, 0.2) is 0 Å². The SMILES string of the molecule is CCN(C(C)=O)c1ccccc1N(C)C. The molecule has 0 fully saturated rings. The number of para-hydroxylation sites is 2. The van der Waals surface area contributed by atoms with E-state index in [4.69, 9.17) is 0 Å². The van der Waals surface area contributed by atoms with E-state index < -0.39 is 0 Å². The van der Waals surface area contributed by atoms with Gasteiger partial charge in [-0.15, -0.1) is 0 Å². The zero-order valence-electron chi connectivity index (χ0n) is 9.82. The van der Waals surface area contributed by atoms with Crippen molar-refractivity contribution in [3.05, 3.63) is 24.3 Å². The lowest BCUT2D eigenvalue weighted by molar-refractivity contribution is -0.116. The van der Waals surface area contributed by atoms with Crippen LogP contribution in [-0.4, -0.2) is 26.5 Å². The molecule has 0 saturated heterocycles. The molecule has 0 bridgehead atoms. The van der Waals surface area contributed by atoms with Gasteiger partial charge in [0, 0.05) is 27.6 Å². The fraction of sp³-hybridized carbons (Fsp3) is 0.417. The quantitative estimate of drug-likeness (QED) is 0.756. The Morgan fingerprint density at radius 2 is 1.73 bits per heavy atom. The second-order valence-corrected chi connectivity index (χ2v) is 3.65. The maximum absolute atomic E-state index is 11.5. The van der Waals surface area contributed by atoms with E-state index in [2.05, 4.69) is 0 Å². The molecule has 0 atom stereocenters. The number of amides is 1. The zero-order valence-corrected chi connectivity index (χ0v) is 9.82. The van der Waals surface area contributed by atoms with Gasteiger partial charge < -0.3 is 9.80 Å². The number of benzene rings is 1. The molecule has 0 radical (unpaired) electrons. The Hall–Kier alpha value is -1.51. The minimum Gasteiger partial charge on any atom is -0.376 e. The van der Waals surface area contributed by atoms with Crippen molar-refractivity contribution in [3.63, 3.8) is 0 Å². The molecule has 0 heterocycles. The highest BCUT2D eigenvalue weighted by atomic mass is 16.2. The van der Waals surface area contributed by atoms with Crippen molar-refractivity contribution in [1.29, 1.82) is 0 Å². The third-order valence-corrected chi connectivity index (χ3v) is 2.35. The number of carbonyl (C=O) groups is 1. The first-order valence-corrected chi connectivity index (χ1v) is 5.12. The first-order valence-electron chi connectivity index (χ1n) is 5.12. The highest BCUT2D eigenvalue weighted by Gasteiger charge is 2.13. The normalized spacial score (nSPS) is 9.87. The lowest BCUT2D eigenvalue weighted by Gasteiger charge is -2.25. The van der Waals surface area contributed by atoms with Crippen molar-refractivity contribution in [3.8, 4) is 0 Å². The second kappa shape index (κ2) is 4.82. The fourth-order valence-corrected chi connectivity index (χ4v) is 1.63. The number of hydrogen-bond donors (Lipinski definition) is 0. The summed E-state index contributed by atoms with van der Waals surface area (Å²) in [5.41, 5.74) is 2.03. The molecule has 0 aliphatic rings. The maximum Gasteiger partial charge on any atom is 0.223 e. The van der Waals surface area contributed by atoms with Crippen LogP contribution in [0.1, 0.15) is 13.8 Å². The molecule has 15 heavy (non-hydrogen) atoms. The van der Waals surface area contributed by atoms with Crippen molar-refractivity contribution in [2.75, 3.05) is 30.4 Å². The minimum atomic E-state index is 0.0757. The maximum atomic E-state index is 11.5. The summed E-state index contributed by atoms with van der Waals surface area (Å²) < 4.78 is 0. The van der Waals surface area contributed by atoms with Crippen LogP contribution < -0.4 is 9.80 Å². The van der Waals surface area contributed by atoms with Crippen molar-refractivity contribution >= 4 is 17.3 Å². The Morgan fingerprint density at radius 1 is 1.20 bits per heavy atom. The molecule has 3 heteroatoms. The van der Waals surface area contributed by atoms with Crippen LogP contribution in [-0.2, 0) is 4.79 Å². The van der Waals surface area contributed by atoms with Crippen LogP contribution in [0, 0.1) is 0 Å². The summed E-state index contributed by atoms with van der Waals surface area (Å²) in [6.45, 7) is 4.27. The highest BCUT2D eigenvalue weighted by molar-refractivity contribution is 5.95. The van der Waals surface area contributed by atoms with Gasteiger partial charge >= 0.3 is 0 Å². The van der Waals surface area contributed by atoms with E-state index in [0.29, 0.717) is 6.54 Å². The topological polar surface area (TPSA) is 23.6 Å². The molecular weight excluding hydrogens is 188 g/mol. The molecule has 0 spiro atoms. The van der Waals surface area contributed by atoms with Crippen LogP contribution in [0.2, 0.25) is 0 Å². The van der Waals surface area contributed by atoms with E-state index in [9.17, 15) is 4.79 Å². The summed E-state index contributed by atoms with van der Waals surface area (Å²) in [7, 11) is 3.96. The Labute approximate surface area is 91.3 Å². The first kappa shape index (κ1) is 11.6. The third kappa shape index (κ3) is 2.49. The summed E-state index contributed by atoms with van der Waals surface area (Å²) >= 11 is 0. The van der Waals surface area contributed by atoms with Crippen molar-refractivity contribution in [1.82, 2.24) is 0 Å². The lowest BCUT2D eigenvalue weighted by atomic mass is 10.2. The number of anilines is 2. The molecule has 1 amide bonds. The van der Waals surface area contributed by atoms with E-state index >= 15 is 0 Å². The Balaban J connectivity index is 3.16. The number of carbonyl (C=O) groups excluding carboxylic acids is 1. The standard InChI is InChI=1S/C12H18N2O/c1-5-14(10(2)15)12-9-7-6-8-11(12)13(3)4/h6-9H,5H2,1-4H3. The third-order valence-electron chi connectivity index (χ3n) is 2.35. The molecule has 0 aromatic heterocycles. The van der Waals surface area contributed by atoms with Gasteiger partial charge in [0.2, 0.25) is 5.91 Å². The Kier molecular flexibility index (Phi) is 3.72. The van der Waals surface area contributed by atoms with E-state index in [-0.39, 0.29) is 5.91 Å². The Morgan fingerprint density at radius 3 is 2.13 bits per heavy atom. The summed E-state index contributed by atoms with van der Waals surface area (Å²) in [5, 5.41) is 0. The van der Waals surface area contributed by atoms with Crippen LogP contribution >= 0.6 is 0 Å². The minimum absolute atomic E-state index is 0.0757. The fourth-order valence-electron chi connectivity index (χ4n) is 1.63. The molecule has 3 nitrogen and oxygen atoms in total. The van der Waals surface area contributed by atoms with Gasteiger partial charge in [-0.2, -0.15) is 0 Å². The van der Waals surface area contributed by atoms with Crippen LogP contribution in [0.5, 0.6) is 0 Å². The monoisotopic (exact) mass is 206 g/mol. The smallest absolute Gasteiger partial charge is 0.223 e. The number of hydrogen-bond acceptors (Lipinski definition) is 2. The van der Waals surface area contributed by atoms with Crippen molar-refractivity contribution < 1.29 is 4.79 Å². The zero-order chi connectivity index (χ0) is 11.4. The van der Waals surface area contributed by atoms with Gasteiger partial charge in [-0.1, -0.05) is 12.1 Å². The molecule has 82 valence electrons. The summed E-state index contributed by atoms with van der Waals surface area (Å²) in [6.07, 6.45) is 0. The van der Waals surface area contributed by atoms with Crippen LogP contribution in [0.15, 0.2) is 24.3 Å². The van der Waals surface area contributed by atoms with Gasteiger partial charge in [0.25, 0.3) is 0 Å². The second-order valence-electron chi connectivity index (χ2n) is 3.65. The summed E-state index contributed by atoms with van der Waals surface area (Å²) in [6, 6.07) is 7.92. The molecule has 1 aromatic rings. The lowest BCUT2D eigenvalue weighted by Crippen LogP contribution is -2.29. The van der Waals surface area contributed by atoms with Crippen LogP contribution in [0.4, 0.5) is 11.4 Å². The molecule has 0 aliphatic heterocycles. The first-order chi connectivity index (χ1) is 7.07. The number of nitrogens with zero attached hydrogens (tertiary/aromatic N) is 2. The summed E-state index contributed by atoms with van der Waals surface area (Å²) in [5.74, 6) is 0.0757. The summed E-state index contributed by atoms with van der Waals surface area (Å²) in [4.78, 5) is 15.2. The predicted molar refractivity (Wildman–Crippen MR) is 64.5 cm³/mol. The van der Waals surface area contributed by atoms with E-state index in [1.54, 1.807) is 11.8 Å². The molecule has 0 unspecified atom stereocenters. The average molecular weight is 206 g/mol. The molecular formula is C12H18N2O. The van der Waals surface area contributed by atoms with Crippen LogP contribution in [0.25, 0.3) is 0 Å². The Bertz CT molecular complexity index is 347. The van der Waals surface area contributed by atoms with Gasteiger partial charge in [-0.05, 0) is 19.1 Å². The van der Waals surface area contributed by atoms with E-state index in [1.165, 1.54) is 0 Å². The highest BCUT2D eigenvalue weighted by Crippen LogP contribution is 2.27. The molecule has 0 saturated carbocycles. The van der Waals surface area contributed by atoms with Crippen molar-refractivity contribution in [2.24, 2.45) is 0 Å². The van der Waals surface area contributed by atoms with Gasteiger partial charge in [0.1, 0.15) is 0 Å². The van der Waals surface area contributed by atoms with E-state index in [0.717, 1.165) is 11.4 Å².